The summed E-state index contributed by atoms with van der Waals surface area (Å²) >= 11 is 0. The Morgan fingerprint density at radius 3 is 1.00 bits per heavy atom. The molecule has 0 fully saturated rings. The number of hydrogen-bond acceptors (Lipinski definition) is 0. The maximum absolute atomic E-state index is 2.17. The maximum Gasteiger partial charge on any atom is 0 e. The van der Waals surface area contributed by atoms with Gasteiger partial charge in [0.25, 0.3) is 0 Å². The third kappa shape index (κ3) is 217. The van der Waals surface area contributed by atoms with E-state index in [9.17, 15) is 0 Å². The van der Waals surface area contributed by atoms with Crippen LogP contribution in [0.4, 0.5) is 0 Å². The Hall–Kier alpha value is 1.10. The van der Waals surface area contributed by atoms with E-state index in [1.807, 2.05) is 0 Å². The molecule has 0 aliphatic heterocycles. The minimum Gasteiger partial charge on any atom is -0.0656 e. The molecule has 0 amide bonds. The third-order valence-corrected chi connectivity index (χ3v) is 0. The summed E-state index contributed by atoms with van der Waals surface area (Å²) in [6, 6.07) is 0. The molecule has 0 atom stereocenters. The largest absolute Gasteiger partial charge is 0.0656 e. The molecule has 0 saturated carbocycles. The van der Waals surface area contributed by atoms with Crippen LogP contribution in [0.2, 0.25) is 0 Å². The van der Waals surface area contributed by atoms with E-state index < -0.39 is 0 Å². The van der Waals surface area contributed by atoms with Gasteiger partial charge in [-0.25, -0.2) is 0 Å². The molecule has 49 valence electrons. The van der Waals surface area contributed by atoms with Gasteiger partial charge in [0.2, 0.25) is 0 Å². The smallest absolute Gasteiger partial charge is 0 e. The molecular weight excluding hydrogens is 173 g/mol. The molecule has 0 bridgehead atoms. The normalized spacial score (nSPS) is 6.75. The van der Waals surface area contributed by atoms with E-state index in [2.05, 4.69) is 34.6 Å². The van der Waals surface area contributed by atoms with Crippen LogP contribution in [0.25, 0.3) is 0 Å². The molecule has 0 saturated heterocycles. The minimum absolute atomic E-state index is 0. The Morgan fingerprint density at radius 2 is 1.00 bits per heavy atom. The third-order valence-electron chi connectivity index (χ3n) is 0. The summed E-state index contributed by atoms with van der Waals surface area (Å²) in [6.45, 7) is 10.8. The van der Waals surface area contributed by atoms with E-state index in [1.54, 1.807) is 0 Å². The molecule has 0 unspecified atom stereocenters. The minimum atomic E-state index is 0. The Kier molecular flexibility index (Phi) is 31.5. The molecular formula is C7H18Y. The van der Waals surface area contributed by atoms with Crippen LogP contribution in [-0.4, -0.2) is 0 Å². The van der Waals surface area contributed by atoms with Crippen molar-refractivity contribution >= 4 is 0 Å². The van der Waals surface area contributed by atoms with Gasteiger partial charge in [-0.2, -0.15) is 0 Å². The summed E-state index contributed by atoms with van der Waals surface area (Å²) in [5.41, 5.74) is 0. The van der Waals surface area contributed by atoms with Crippen LogP contribution in [-0.2, 0) is 32.7 Å². The van der Waals surface area contributed by atoms with Crippen LogP contribution in [0, 0.1) is 5.92 Å². The molecule has 0 aromatic rings. The summed E-state index contributed by atoms with van der Waals surface area (Å²) < 4.78 is 0. The molecule has 0 rings (SSSR count). The van der Waals surface area contributed by atoms with E-state index in [4.69, 9.17) is 0 Å². The van der Waals surface area contributed by atoms with Crippen molar-refractivity contribution < 1.29 is 32.7 Å². The van der Waals surface area contributed by atoms with Crippen molar-refractivity contribution in [3.8, 4) is 0 Å². The van der Waals surface area contributed by atoms with Gasteiger partial charge < -0.3 is 0 Å². The summed E-state index contributed by atoms with van der Waals surface area (Å²) in [7, 11) is 0. The Balaban J connectivity index is -0.0000000575. The molecule has 8 heavy (non-hydrogen) atoms. The Morgan fingerprint density at radius 1 is 1.00 bits per heavy atom. The zero-order chi connectivity index (χ0) is 6.28. The molecule has 0 N–H and O–H groups in total. The topological polar surface area (TPSA) is 0 Å². The second-order valence-electron chi connectivity index (χ2n) is 2.44. The second-order valence-corrected chi connectivity index (χ2v) is 2.44. The summed E-state index contributed by atoms with van der Waals surface area (Å²) in [6.07, 6.45) is 1.25. The predicted molar refractivity (Wildman–Crippen MR) is 36.5 cm³/mol. The predicted octanol–water partition coefficient (Wildman–Crippen LogP) is 3.08. The van der Waals surface area contributed by atoms with Crippen LogP contribution in [0.5, 0.6) is 0 Å². The van der Waals surface area contributed by atoms with Crippen molar-refractivity contribution in [1.29, 1.82) is 0 Å². The van der Waals surface area contributed by atoms with Gasteiger partial charge in [-0.1, -0.05) is 41.0 Å². The first-order valence-corrected chi connectivity index (χ1v) is 3.15. The quantitative estimate of drug-likeness (QED) is 0.552. The van der Waals surface area contributed by atoms with Gasteiger partial charge in [-0.15, -0.1) is 0 Å². The molecule has 1 radical (unpaired) electrons. The maximum atomic E-state index is 2.17. The fourth-order valence-corrected chi connectivity index (χ4v) is 0. The van der Waals surface area contributed by atoms with Gasteiger partial charge in [0.1, 0.15) is 0 Å². The average Bonchev–Trinajstić information content (AvgIpc) is 1.33. The van der Waals surface area contributed by atoms with Crippen LogP contribution >= 0.6 is 0 Å². The number of rotatable bonds is 0. The van der Waals surface area contributed by atoms with Gasteiger partial charge in [-0.05, 0) is 5.92 Å². The van der Waals surface area contributed by atoms with E-state index in [0.29, 0.717) is 0 Å². The molecule has 0 heterocycles. The van der Waals surface area contributed by atoms with Gasteiger partial charge in [0, 0.05) is 32.7 Å². The summed E-state index contributed by atoms with van der Waals surface area (Å²) in [4.78, 5) is 0. The molecule has 0 spiro atoms. The van der Waals surface area contributed by atoms with E-state index >= 15 is 0 Å². The van der Waals surface area contributed by atoms with Crippen molar-refractivity contribution in [3.05, 3.63) is 0 Å². The van der Waals surface area contributed by atoms with Crippen molar-refractivity contribution in [2.75, 3.05) is 0 Å². The Bertz CT molecular complexity index is 15.6. The molecule has 1 heteroatoms. The van der Waals surface area contributed by atoms with Gasteiger partial charge in [0.15, 0.2) is 0 Å². The van der Waals surface area contributed by atoms with Crippen LogP contribution in [0.15, 0.2) is 0 Å². The standard InChI is InChI=1S/C4H10.C3H8.Y/c1-4(2)3;1-3-2;/h4H,1-3H3;3H2,1-2H3;. The molecule has 0 aliphatic rings. The van der Waals surface area contributed by atoms with Crippen molar-refractivity contribution in [2.24, 2.45) is 5.92 Å². The fraction of sp³-hybridized carbons (Fsp3) is 1.00. The van der Waals surface area contributed by atoms with Crippen molar-refractivity contribution in [3.63, 3.8) is 0 Å². The number of hydrogen-bond donors (Lipinski definition) is 0. The monoisotopic (exact) mass is 191 g/mol. The molecule has 0 aliphatic carbocycles. The van der Waals surface area contributed by atoms with E-state index in [-0.39, 0.29) is 32.7 Å². The SMILES string of the molecule is CC(C)C.CCC.[Y]. The van der Waals surface area contributed by atoms with Gasteiger partial charge >= 0.3 is 0 Å². The van der Waals surface area contributed by atoms with Gasteiger partial charge in [0.05, 0.1) is 0 Å². The molecule has 0 aromatic heterocycles. The first-order chi connectivity index (χ1) is 3.15. The molecule has 0 nitrogen and oxygen atoms in total. The summed E-state index contributed by atoms with van der Waals surface area (Å²) in [5.74, 6) is 0.833. The molecule has 0 aromatic carbocycles. The zero-order valence-corrected chi connectivity index (χ0v) is 9.70. The zero-order valence-electron chi connectivity index (χ0n) is 6.86. The second kappa shape index (κ2) is 15.7. The van der Waals surface area contributed by atoms with Gasteiger partial charge in [-0.3, -0.25) is 0 Å². The van der Waals surface area contributed by atoms with E-state index in [1.165, 1.54) is 6.42 Å². The average molecular weight is 191 g/mol. The fourth-order valence-electron chi connectivity index (χ4n) is 0. The van der Waals surface area contributed by atoms with Crippen LogP contribution in [0.3, 0.4) is 0 Å². The van der Waals surface area contributed by atoms with Crippen molar-refractivity contribution in [2.45, 2.75) is 41.0 Å². The van der Waals surface area contributed by atoms with Crippen LogP contribution < -0.4 is 0 Å². The van der Waals surface area contributed by atoms with E-state index in [0.717, 1.165) is 5.92 Å². The van der Waals surface area contributed by atoms with Crippen LogP contribution in [0.1, 0.15) is 41.0 Å². The first kappa shape index (κ1) is 16.0. The summed E-state index contributed by atoms with van der Waals surface area (Å²) in [5, 5.41) is 0. The van der Waals surface area contributed by atoms with Crippen molar-refractivity contribution in [1.82, 2.24) is 0 Å². The Labute approximate surface area is 79.3 Å². The first-order valence-electron chi connectivity index (χ1n) is 3.15.